The van der Waals surface area contributed by atoms with Crippen molar-refractivity contribution in [1.82, 2.24) is 5.32 Å². The maximum atomic E-state index is 13.4. The second-order valence-corrected chi connectivity index (χ2v) is 4.16. The molecule has 8 heteroatoms. The molecule has 1 unspecified atom stereocenters. The molecular weight excluding hydrogens is 282 g/mol. The molecule has 110 valence electrons. The summed E-state index contributed by atoms with van der Waals surface area (Å²) in [4.78, 5) is 22.0. The maximum Gasteiger partial charge on any atom is 0.416 e. The lowest BCUT2D eigenvalue weighted by molar-refractivity contribution is -0.138. The minimum Gasteiger partial charge on any atom is -0.481 e. The second kappa shape index (κ2) is 5.89. The molecule has 0 aliphatic rings. The number of rotatable bonds is 4. The molecule has 2 N–H and O–H groups in total. The number of amides is 1. The Balaban J connectivity index is 2.95. The second-order valence-electron chi connectivity index (χ2n) is 4.16. The van der Waals surface area contributed by atoms with E-state index in [2.05, 4.69) is 5.32 Å². The minimum absolute atomic E-state index is 0.387. The summed E-state index contributed by atoms with van der Waals surface area (Å²) < 4.78 is 50.8. The number of carboxylic acid groups (broad SMARTS) is 1. The van der Waals surface area contributed by atoms with Gasteiger partial charge in [-0.2, -0.15) is 13.2 Å². The van der Waals surface area contributed by atoms with Crippen molar-refractivity contribution in [2.45, 2.75) is 25.6 Å². The topological polar surface area (TPSA) is 66.4 Å². The van der Waals surface area contributed by atoms with E-state index in [1.807, 2.05) is 0 Å². The number of nitrogens with one attached hydrogen (secondary N) is 1. The normalized spacial score (nSPS) is 12.8. The number of alkyl halides is 3. The molecule has 0 aliphatic carbocycles. The highest BCUT2D eigenvalue weighted by molar-refractivity contribution is 5.95. The van der Waals surface area contributed by atoms with E-state index in [1.165, 1.54) is 6.92 Å². The van der Waals surface area contributed by atoms with Gasteiger partial charge in [0.05, 0.1) is 17.5 Å². The molecule has 0 radical (unpaired) electrons. The van der Waals surface area contributed by atoms with Crippen LogP contribution in [0.1, 0.15) is 29.3 Å². The van der Waals surface area contributed by atoms with Gasteiger partial charge in [0.25, 0.3) is 5.91 Å². The zero-order valence-corrected chi connectivity index (χ0v) is 10.3. The smallest absolute Gasteiger partial charge is 0.416 e. The van der Waals surface area contributed by atoms with Crippen molar-refractivity contribution in [3.8, 4) is 0 Å². The van der Waals surface area contributed by atoms with Crippen LogP contribution in [0.4, 0.5) is 17.6 Å². The van der Waals surface area contributed by atoms with Crippen LogP contribution < -0.4 is 5.32 Å². The standard InChI is InChI=1S/C12H11F4NO3/c1-6(4-10(18)19)17-11(20)8-5-7(12(14,15)16)2-3-9(8)13/h2-3,5-6H,4H2,1H3,(H,17,20)(H,18,19). The van der Waals surface area contributed by atoms with Gasteiger partial charge < -0.3 is 10.4 Å². The summed E-state index contributed by atoms with van der Waals surface area (Å²) in [5, 5.41) is 10.6. The molecule has 0 bridgehead atoms. The van der Waals surface area contributed by atoms with Crippen LogP contribution in [0.2, 0.25) is 0 Å². The Bertz CT molecular complexity index is 528. The first-order valence-corrected chi connectivity index (χ1v) is 5.50. The summed E-state index contributed by atoms with van der Waals surface area (Å²) in [6.45, 7) is 1.34. The Morgan fingerprint density at radius 2 is 1.95 bits per heavy atom. The van der Waals surface area contributed by atoms with Crippen LogP contribution in [0.5, 0.6) is 0 Å². The zero-order valence-electron chi connectivity index (χ0n) is 10.3. The number of carboxylic acids is 1. The molecule has 20 heavy (non-hydrogen) atoms. The van der Waals surface area contributed by atoms with Gasteiger partial charge in [0.2, 0.25) is 0 Å². The Kier molecular flexibility index (Phi) is 4.69. The Labute approximate surface area is 111 Å². The fraction of sp³-hybridized carbons (Fsp3) is 0.333. The molecule has 0 heterocycles. The fourth-order valence-electron chi connectivity index (χ4n) is 1.49. The lowest BCUT2D eigenvalue weighted by atomic mass is 10.1. The first-order chi connectivity index (χ1) is 9.11. The van der Waals surface area contributed by atoms with Gasteiger partial charge in [-0.1, -0.05) is 0 Å². The molecule has 0 spiro atoms. The van der Waals surface area contributed by atoms with Crippen molar-refractivity contribution in [2.24, 2.45) is 0 Å². The Morgan fingerprint density at radius 3 is 2.45 bits per heavy atom. The summed E-state index contributed by atoms with van der Waals surface area (Å²) in [5.41, 5.74) is -1.94. The van der Waals surface area contributed by atoms with E-state index in [-0.39, 0.29) is 0 Å². The Morgan fingerprint density at radius 1 is 1.35 bits per heavy atom. The predicted octanol–water partition coefficient (Wildman–Crippen LogP) is 2.44. The van der Waals surface area contributed by atoms with Crippen molar-refractivity contribution in [3.63, 3.8) is 0 Å². The van der Waals surface area contributed by atoms with Crippen LogP contribution >= 0.6 is 0 Å². The summed E-state index contributed by atoms with van der Waals surface area (Å²) in [6, 6.07) is 0.610. The highest BCUT2D eigenvalue weighted by Gasteiger charge is 2.32. The molecule has 0 aromatic heterocycles. The van der Waals surface area contributed by atoms with Crippen LogP contribution in [0, 0.1) is 5.82 Å². The number of hydrogen-bond acceptors (Lipinski definition) is 2. The van der Waals surface area contributed by atoms with Gasteiger partial charge >= 0.3 is 12.1 Å². The monoisotopic (exact) mass is 293 g/mol. The highest BCUT2D eigenvalue weighted by atomic mass is 19.4. The molecule has 1 aromatic carbocycles. The number of benzene rings is 1. The molecule has 0 fully saturated rings. The van der Waals surface area contributed by atoms with E-state index in [0.29, 0.717) is 18.2 Å². The average Bonchev–Trinajstić information content (AvgIpc) is 2.26. The van der Waals surface area contributed by atoms with Crippen molar-refractivity contribution in [2.75, 3.05) is 0 Å². The van der Waals surface area contributed by atoms with E-state index in [0.717, 1.165) is 0 Å². The largest absolute Gasteiger partial charge is 0.481 e. The van der Waals surface area contributed by atoms with E-state index in [9.17, 15) is 27.2 Å². The fourth-order valence-corrected chi connectivity index (χ4v) is 1.49. The average molecular weight is 293 g/mol. The van der Waals surface area contributed by atoms with Gasteiger partial charge in [-0.15, -0.1) is 0 Å². The van der Waals surface area contributed by atoms with Gasteiger partial charge in [-0.25, -0.2) is 4.39 Å². The summed E-state index contributed by atoms with van der Waals surface area (Å²) in [6.07, 6.45) is -5.12. The van der Waals surface area contributed by atoms with Crippen molar-refractivity contribution in [1.29, 1.82) is 0 Å². The molecule has 1 aromatic rings. The van der Waals surface area contributed by atoms with Crippen molar-refractivity contribution in [3.05, 3.63) is 35.1 Å². The molecule has 0 aliphatic heterocycles. The minimum atomic E-state index is -4.70. The van der Waals surface area contributed by atoms with Crippen LogP contribution in [0.25, 0.3) is 0 Å². The van der Waals surface area contributed by atoms with Crippen LogP contribution in [-0.4, -0.2) is 23.0 Å². The first kappa shape index (κ1) is 15.9. The molecule has 1 amide bonds. The summed E-state index contributed by atoms with van der Waals surface area (Å²) >= 11 is 0. The molecular formula is C12H11F4NO3. The van der Waals surface area contributed by atoms with Crippen molar-refractivity contribution < 1.29 is 32.3 Å². The lowest BCUT2D eigenvalue weighted by Crippen LogP contribution is -2.34. The van der Waals surface area contributed by atoms with E-state index in [1.54, 1.807) is 0 Å². The first-order valence-electron chi connectivity index (χ1n) is 5.50. The van der Waals surface area contributed by atoms with E-state index >= 15 is 0 Å². The van der Waals surface area contributed by atoms with Crippen LogP contribution in [0.15, 0.2) is 18.2 Å². The third-order valence-corrected chi connectivity index (χ3v) is 2.40. The predicted molar refractivity (Wildman–Crippen MR) is 60.6 cm³/mol. The number of halogens is 4. The van der Waals surface area contributed by atoms with Gasteiger partial charge in [0.15, 0.2) is 0 Å². The number of hydrogen-bond donors (Lipinski definition) is 2. The molecule has 1 atom stereocenters. The van der Waals surface area contributed by atoms with Crippen LogP contribution in [-0.2, 0) is 11.0 Å². The SMILES string of the molecule is CC(CC(=O)O)NC(=O)c1cc(C(F)(F)F)ccc1F. The van der Waals surface area contributed by atoms with Crippen molar-refractivity contribution >= 4 is 11.9 Å². The third-order valence-electron chi connectivity index (χ3n) is 2.40. The van der Waals surface area contributed by atoms with E-state index in [4.69, 9.17) is 5.11 Å². The van der Waals surface area contributed by atoms with Gasteiger partial charge in [0.1, 0.15) is 5.82 Å². The number of carbonyl (C=O) groups excluding carboxylic acids is 1. The number of aliphatic carboxylic acids is 1. The maximum absolute atomic E-state index is 13.4. The highest BCUT2D eigenvalue weighted by Crippen LogP contribution is 2.30. The number of carbonyl (C=O) groups is 2. The van der Waals surface area contributed by atoms with E-state index < -0.39 is 47.5 Å². The third kappa shape index (κ3) is 4.22. The zero-order chi connectivity index (χ0) is 15.5. The molecule has 0 saturated heterocycles. The quantitative estimate of drug-likeness (QED) is 0.838. The van der Waals surface area contributed by atoms with Crippen LogP contribution in [0.3, 0.4) is 0 Å². The van der Waals surface area contributed by atoms with Gasteiger partial charge in [-0.05, 0) is 25.1 Å². The molecule has 0 saturated carbocycles. The Hall–Kier alpha value is -2.12. The van der Waals surface area contributed by atoms with Gasteiger partial charge in [0, 0.05) is 6.04 Å². The lowest BCUT2D eigenvalue weighted by Gasteiger charge is -2.13. The molecule has 1 rings (SSSR count). The summed E-state index contributed by atoms with van der Waals surface area (Å²) in [7, 11) is 0. The molecule has 4 nitrogen and oxygen atoms in total. The van der Waals surface area contributed by atoms with Gasteiger partial charge in [-0.3, -0.25) is 9.59 Å². The summed E-state index contributed by atoms with van der Waals surface area (Å²) in [5.74, 6) is -3.40.